The standard InChI is InChI=1S/C21H10FN6O.C11H8N.Ir/c22-15-11-10-14(18-17(15)13-8-4-5-9-16(13)29-18)20-23-19-21(25-27-26-24-19)28(20)12-6-2-1-3-7-12;1-2-6-10(7-3-1)11-8-4-5-9-12-11;/h1-9,11H;1-6,8-9H;/q2*-1;. The Morgan fingerprint density at radius 1 is 0.786 bits per heavy atom. The van der Waals surface area contributed by atoms with Crippen molar-refractivity contribution in [2.24, 2.45) is 0 Å². The second kappa shape index (κ2) is 11.7. The number of pyridine rings is 1. The molecule has 10 heteroatoms. The van der Waals surface area contributed by atoms with Gasteiger partial charge in [-0.1, -0.05) is 54.1 Å². The average Bonchev–Trinajstić information content (AvgIpc) is 3.63. The van der Waals surface area contributed by atoms with E-state index in [4.69, 9.17) is 4.42 Å². The van der Waals surface area contributed by atoms with E-state index in [0.29, 0.717) is 44.6 Å². The fourth-order valence-electron chi connectivity index (χ4n) is 4.64. The number of halogens is 1. The summed E-state index contributed by atoms with van der Waals surface area (Å²) in [6.45, 7) is 0. The first kappa shape index (κ1) is 27.0. The SMILES string of the molecule is Fc1c[c-]c(-c2nc3nnnnc3n2-c2ccccc2)c2oc3ccccc3c12.[Ir].[c-]1ccccc1-c1ccccn1. The number of aromatic nitrogens is 7. The molecule has 0 amide bonds. The fourth-order valence-corrected chi connectivity index (χ4v) is 4.64. The largest absolute Gasteiger partial charge is 0.500 e. The first-order chi connectivity index (χ1) is 20.3. The van der Waals surface area contributed by atoms with Gasteiger partial charge in [-0.2, -0.15) is 0 Å². The first-order valence-corrected chi connectivity index (χ1v) is 12.7. The zero-order valence-corrected chi connectivity index (χ0v) is 24.0. The second-order valence-electron chi connectivity index (χ2n) is 8.94. The Bertz CT molecular complexity index is 2080. The molecule has 42 heavy (non-hydrogen) atoms. The Morgan fingerprint density at radius 2 is 1.57 bits per heavy atom. The van der Waals surface area contributed by atoms with E-state index in [1.165, 1.54) is 6.07 Å². The molecule has 0 atom stereocenters. The molecule has 0 unspecified atom stereocenters. The summed E-state index contributed by atoms with van der Waals surface area (Å²) in [5, 5.41) is 16.4. The van der Waals surface area contributed by atoms with Crippen LogP contribution in [0.2, 0.25) is 0 Å². The molecule has 0 aliphatic heterocycles. The zero-order chi connectivity index (χ0) is 27.6. The van der Waals surface area contributed by atoms with Crippen molar-refractivity contribution < 1.29 is 28.9 Å². The van der Waals surface area contributed by atoms with Gasteiger partial charge in [-0.25, -0.2) is 0 Å². The van der Waals surface area contributed by atoms with Gasteiger partial charge in [0.25, 0.3) is 0 Å². The van der Waals surface area contributed by atoms with E-state index in [0.717, 1.165) is 16.9 Å². The van der Waals surface area contributed by atoms with E-state index in [1.54, 1.807) is 16.8 Å². The second-order valence-corrected chi connectivity index (χ2v) is 8.94. The van der Waals surface area contributed by atoms with Crippen LogP contribution in [0.15, 0.2) is 114 Å². The number of furan rings is 1. The number of rotatable bonds is 3. The molecule has 1 radical (unpaired) electrons. The fraction of sp³-hybridized carbons (Fsp3) is 0. The molecule has 4 aromatic heterocycles. The van der Waals surface area contributed by atoms with E-state index >= 15 is 0 Å². The summed E-state index contributed by atoms with van der Waals surface area (Å²) in [5.41, 5.74) is 5.01. The van der Waals surface area contributed by atoms with E-state index in [2.05, 4.69) is 42.7 Å². The van der Waals surface area contributed by atoms with Crippen molar-refractivity contribution in [3.8, 4) is 28.3 Å². The summed E-state index contributed by atoms with van der Waals surface area (Å²) in [5.74, 6) is 0.0562. The summed E-state index contributed by atoms with van der Waals surface area (Å²) < 4.78 is 22.5. The van der Waals surface area contributed by atoms with Gasteiger partial charge >= 0.3 is 0 Å². The molecule has 0 saturated carbocycles. The van der Waals surface area contributed by atoms with Crippen molar-refractivity contribution in [1.82, 2.24) is 35.2 Å². The van der Waals surface area contributed by atoms with Crippen LogP contribution in [0.1, 0.15) is 0 Å². The van der Waals surface area contributed by atoms with Gasteiger partial charge in [0.05, 0.1) is 11.4 Å². The van der Waals surface area contributed by atoms with Crippen LogP contribution in [-0.2, 0) is 20.1 Å². The summed E-state index contributed by atoms with van der Waals surface area (Å²) in [6, 6.07) is 37.9. The molecule has 4 heterocycles. The molecule has 0 N–H and O–H groups in total. The van der Waals surface area contributed by atoms with Gasteiger partial charge < -0.3 is 14.0 Å². The molecular weight excluding hydrogens is 710 g/mol. The Morgan fingerprint density at radius 3 is 2.38 bits per heavy atom. The van der Waals surface area contributed by atoms with Gasteiger partial charge in [-0.15, -0.1) is 58.2 Å². The molecular formula is C32H18FIrN7O-2. The predicted octanol–water partition coefficient (Wildman–Crippen LogP) is 6.66. The number of imidazole rings is 1. The van der Waals surface area contributed by atoms with Crippen molar-refractivity contribution >= 4 is 33.2 Å². The minimum Gasteiger partial charge on any atom is -0.500 e. The Hall–Kier alpha value is -5.18. The summed E-state index contributed by atoms with van der Waals surface area (Å²) in [4.78, 5) is 8.80. The Labute approximate surface area is 252 Å². The average molecular weight is 728 g/mol. The first-order valence-electron chi connectivity index (χ1n) is 12.7. The van der Waals surface area contributed by atoms with Gasteiger partial charge in [-0.05, 0) is 45.8 Å². The third-order valence-electron chi connectivity index (χ3n) is 6.45. The molecule has 0 bridgehead atoms. The maximum Gasteiger partial charge on any atom is 0.214 e. The normalized spacial score (nSPS) is 10.8. The molecule has 8 rings (SSSR count). The maximum absolute atomic E-state index is 14.7. The summed E-state index contributed by atoms with van der Waals surface area (Å²) >= 11 is 0. The number of hydrogen-bond acceptors (Lipinski definition) is 7. The number of para-hydroxylation sites is 2. The van der Waals surface area contributed by atoms with Crippen LogP contribution in [0.3, 0.4) is 0 Å². The number of hydrogen-bond donors (Lipinski definition) is 0. The van der Waals surface area contributed by atoms with Crippen LogP contribution >= 0.6 is 0 Å². The minimum absolute atomic E-state index is 0. The number of nitrogens with zero attached hydrogens (tertiary/aromatic N) is 7. The van der Waals surface area contributed by atoms with E-state index in [9.17, 15) is 4.39 Å². The van der Waals surface area contributed by atoms with Crippen LogP contribution in [0, 0.1) is 17.9 Å². The Kier molecular flexibility index (Phi) is 7.55. The monoisotopic (exact) mass is 728 g/mol. The molecule has 0 saturated heterocycles. The molecule has 8 nitrogen and oxygen atoms in total. The zero-order valence-electron chi connectivity index (χ0n) is 21.6. The van der Waals surface area contributed by atoms with Crippen molar-refractivity contribution in [3.05, 3.63) is 127 Å². The number of fused-ring (bicyclic) bond motifs is 4. The molecule has 205 valence electrons. The van der Waals surface area contributed by atoms with Gasteiger partial charge in [0.2, 0.25) is 11.3 Å². The van der Waals surface area contributed by atoms with Crippen molar-refractivity contribution in [2.45, 2.75) is 0 Å². The Balaban J connectivity index is 0.000000205. The predicted molar refractivity (Wildman–Crippen MR) is 152 cm³/mol. The molecule has 0 spiro atoms. The topological polar surface area (TPSA) is 95.4 Å². The van der Waals surface area contributed by atoms with Gasteiger partial charge in [-0.3, -0.25) is 9.37 Å². The molecule has 0 aliphatic carbocycles. The quantitative estimate of drug-likeness (QED) is 0.188. The molecule has 4 aromatic carbocycles. The van der Waals surface area contributed by atoms with E-state index < -0.39 is 5.82 Å². The van der Waals surface area contributed by atoms with Crippen LogP contribution in [0.4, 0.5) is 4.39 Å². The van der Waals surface area contributed by atoms with Crippen molar-refractivity contribution in [2.75, 3.05) is 0 Å². The smallest absolute Gasteiger partial charge is 0.214 e. The molecule has 0 fully saturated rings. The number of benzene rings is 4. The van der Waals surface area contributed by atoms with E-state index in [1.807, 2.05) is 91.0 Å². The van der Waals surface area contributed by atoms with Crippen LogP contribution in [0.5, 0.6) is 0 Å². The van der Waals surface area contributed by atoms with Crippen molar-refractivity contribution in [3.63, 3.8) is 0 Å². The van der Waals surface area contributed by atoms with Gasteiger partial charge in [0, 0.05) is 43.2 Å². The third kappa shape index (κ3) is 4.94. The maximum atomic E-state index is 14.7. The van der Waals surface area contributed by atoms with E-state index in [-0.39, 0.29) is 20.1 Å². The van der Waals surface area contributed by atoms with Crippen LogP contribution < -0.4 is 0 Å². The van der Waals surface area contributed by atoms with Crippen molar-refractivity contribution in [1.29, 1.82) is 0 Å². The minimum atomic E-state index is -0.407. The summed E-state index contributed by atoms with van der Waals surface area (Å²) in [6.07, 6.45) is 1.79. The third-order valence-corrected chi connectivity index (χ3v) is 6.45. The van der Waals surface area contributed by atoms with Gasteiger partial charge in [0.15, 0.2) is 0 Å². The van der Waals surface area contributed by atoms with Crippen LogP contribution in [0.25, 0.3) is 61.6 Å². The van der Waals surface area contributed by atoms with Crippen LogP contribution in [-0.4, -0.2) is 35.2 Å². The van der Waals surface area contributed by atoms with Gasteiger partial charge in [0.1, 0.15) is 5.58 Å². The molecule has 8 aromatic rings. The summed E-state index contributed by atoms with van der Waals surface area (Å²) in [7, 11) is 0. The molecule has 0 aliphatic rings.